The van der Waals surface area contributed by atoms with Crippen LogP contribution in [0.2, 0.25) is 0 Å². The number of aliphatic carboxylic acids is 1. The zero-order chi connectivity index (χ0) is 41.8. The van der Waals surface area contributed by atoms with Gasteiger partial charge in [0.25, 0.3) is 6.47 Å². The fraction of sp³-hybridized carbons (Fsp3) is 0.238. The van der Waals surface area contributed by atoms with Crippen LogP contribution in [0, 0.1) is 48.3 Å². The van der Waals surface area contributed by atoms with Crippen LogP contribution in [0.4, 0.5) is 17.1 Å². The Kier molecular flexibility index (Phi) is 11.7. The molecular weight excluding hydrogens is 752 g/mol. The summed E-state index contributed by atoms with van der Waals surface area (Å²) in [5.41, 5.74) is 18.7. The number of nitrogens with two attached hydrogens (primary N) is 2. The average molecular weight is 791 g/mol. The summed E-state index contributed by atoms with van der Waals surface area (Å²) in [6, 6.07) is 30.7. The van der Waals surface area contributed by atoms with E-state index in [-0.39, 0.29) is 6.47 Å². The molecule has 58 heavy (non-hydrogen) atoms. The number of rotatable bonds is 8. The molecule has 2 saturated carbocycles. The molecule has 4 fully saturated rings. The SMILES string of the molecule is CNC(=O)C1C(OC=O)C(C(=O)O)C1C(=O)Nc1ccc(-c2ccc(C)cc2)cc1.Nc1ccc(-c2ccc(N)cc2)cc1.O=C1OC(=O)C2C1C1C(=O)OC(=O)C21. The molecule has 0 spiro atoms. The van der Waals surface area contributed by atoms with E-state index in [1.54, 1.807) is 12.1 Å². The van der Waals surface area contributed by atoms with Gasteiger partial charge in [-0.2, -0.15) is 0 Å². The van der Waals surface area contributed by atoms with Gasteiger partial charge in [0, 0.05) is 24.1 Å². The second-order valence-corrected chi connectivity index (χ2v) is 14.0. The molecule has 0 bridgehead atoms. The summed E-state index contributed by atoms with van der Waals surface area (Å²) in [4.78, 5) is 91.6. The number of nitrogen functional groups attached to an aromatic ring is 2. The van der Waals surface area contributed by atoms with Crippen LogP contribution in [0.1, 0.15) is 5.56 Å². The molecule has 7 N–H and O–H groups in total. The minimum absolute atomic E-state index is 0.0917. The van der Waals surface area contributed by atoms with Gasteiger partial charge >= 0.3 is 29.8 Å². The summed E-state index contributed by atoms with van der Waals surface area (Å²) < 4.78 is 13.5. The quantitative estimate of drug-likeness (QED) is 0.0565. The fourth-order valence-electron chi connectivity index (χ4n) is 7.50. The van der Waals surface area contributed by atoms with Crippen molar-refractivity contribution in [2.24, 2.45) is 41.4 Å². The van der Waals surface area contributed by atoms with Crippen molar-refractivity contribution >= 4 is 65.2 Å². The molecule has 2 aliphatic carbocycles. The first-order valence-corrected chi connectivity index (χ1v) is 18.0. The van der Waals surface area contributed by atoms with Crippen molar-refractivity contribution in [3.8, 4) is 22.3 Å². The van der Waals surface area contributed by atoms with Crippen molar-refractivity contribution < 1.29 is 57.7 Å². The lowest BCUT2D eigenvalue weighted by molar-refractivity contribution is -0.187. The first-order valence-electron chi connectivity index (χ1n) is 18.0. The number of hydrogen-bond donors (Lipinski definition) is 5. The summed E-state index contributed by atoms with van der Waals surface area (Å²) in [5, 5.41) is 14.5. The van der Waals surface area contributed by atoms with Crippen LogP contribution >= 0.6 is 0 Å². The number of hydrogen-bond acceptors (Lipinski definition) is 13. The highest BCUT2D eigenvalue weighted by atomic mass is 16.6. The number of carboxylic acid groups (broad SMARTS) is 1. The lowest BCUT2D eigenvalue weighted by Gasteiger charge is -2.45. The number of esters is 4. The van der Waals surface area contributed by atoms with Crippen LogP contribution < -0.4 is 22.1 Å². The Labute approximate surface area is 330 Å². The minimum atomic E-state index is -1.31. The number of aryl methyl sites for hydroxylation is 1. The molecule has 0 radical (unpaired) electrons. The Balaban J connectivity index is 0.000000166. The average Bonchev–Trinajstić information content (AvgIpc) is 3.55. The predicted octanol–water partition coefficient (Wildman–Crippen LogP) is 2.98. The van der Waals surface area contributed by atoms with Gasteiger partial charge in [-0.15, -0.1) is 0 Å². The number of carbonyl (C=O) groups excluding carboxylic acids is 7. The highest BCUT2D eigenvalue weighted by Gasteiger charge is 2.72. The van der Waals surface area contributed by atoms with E-state index in [2.05, 4.69) is 20.1 Å². The zero-order valence-corrected chi connectivity index (χ0v) is 31.0. The van der Waals surface area contributed by atoms with Crippen molar-refractivity contribution in [3.63, 3.8) is 0 Å². The van der Waals surface area contributed by atoms with Crippen LogP contribution in [0.3, 0.4) is 0 Å². The standard InChI is InChI=1S/C22H22N2O6.C12H12N2.C8H4O6/c1-12-3-5-13(6-4-12)14-7-9-15(10-8-14)24-21(27)16-17(20(26)23-2)19(30-11-25)18(16)22(28)29;13-11-5-1-9(2-6-11)10-3-7-12(14)8-4-10;9-5-1-2(6(10)13-5)4-3(1)7(11)14-8(4)12/h3-11,16-19H,1-2H3,(H,23,26)(H,24,27)(H,28,29);1-8H,13-14H2;1-4H. The second-order valence-electron chi connectivity index (χ2n) is 14.0. The maximum Gasteiger partial charge on any atom is 0.318 e. The normalized spacial score (nSPS) is 24.6. The number of ether oxygens (including phenoxy) is 3. The second kappa shape index (κ2) is 16.8. The van der Waals surface area contributed by atoms with Crippen LogP contribution in [-0.2, 0) is 52.6 Å². The Hall–Kier alpha value is -7.36. The summed E-state index contributed by atoms with van der Waals surface area (Å²) in [7, 11) is 1.37. The Morgan fingerprint density at radius 1 is 0.603 bits per heavy atom. The number of fused-ring (bicyclic) bond motifs is 4. The molecule has 4 aromatic rings. The van der Waals surface area contributed by atoms with Gasteiger partial charge in [-0.25, -0.2) is 0 Å². The first-order chi connectivity index (χ1) is 27.7. The third-order valence-corrected chi connectivity index (χ3v) is 10.6. The molecule has 298 valence electrons. The van der Waals surface area contributed by atoms with Gasteiger partial charge in [0.05, 0.1) is 35.5 Å². The molecule has 4 aliphatic rings. The molecule has 0 aromatic heterocycles. The maximum atomic E-state index is 12.8. The smallest absolute Gasteiger partial charge is 0.318 e. The molecule has 2 amide bonds. The summed E-state index contributed by atoms with van der Waals surface area (Å²) in [6.07, 6.45) is -1.19. The van der Waals surface area contributed by atoms with E-state index in [0.29, 0.717) is 5.69 Å². The zero-order valence-electron chi connectivity index (χ0n) is 31.0. The Bertz CT molecular complexity index is 2130. The maximum absolute atomic E-state index is 12.8. The summed E-state index contributed by atoms with van der Waals surface area (Å²) in [6.45, 7) is 2.10. The van der Waals surface area contributed by atoms with E-state index in [0.717, 1.165) is 39.2 Å². The number of nitrogens with one attached hydrogen (secondary N) is 2. The molecule has 8 rings (SSSR count). The van der Waals surface area contributed by atoms with Gasteiger partial charge < -0.3 is 41.4 Å². The predicted molar refractivity (Wildman–Crippen MR) is 205 cm³/mol. The molecule has 2 saturated heterocycles. The monoisotopic (exact) mass is 790 g/mol. The van der Waals surface area contributed by atoms with Gasteiger partial charge in [0.1, 0.15) is 12.0 Å². The highest BCUT2D eigenvalue weighted by Crippen LogP contribution is 2.55. The molecule has 16 nitrogen and oxygen atoms in total. The van der Waals surface area contributed by atoms with Crippen molar-refractivity contribution in [3.05, 3.63) is 103 Å². The topological polar surface area (TPSA) is 261 Å². The Morgan fingerprint density at radius 3 is 1.34 bits per heavy atom. The van der Waals surface area contributed by atoms with E-state index in [4.69, 9.17) is 16.2 Å². The number of carboxylic acids is 1. The largest absolute Gasteiger partial charge is 0.481 e. The number of amides is 2. The molecule has 4 aromatic carbocycles. The van der Waals surface area contributed by atoms with Gasteiger partial charge in [-0.05, 0) is 65.6 Å². The number of benzene rings is 4. The van der Waals surface area contributed by atoms with Gasteiger partial charge in [-0.3, -0.25) is 38.4 Å². The Morgan fingerprint density at radius 2 is 0.983 bits per heavy atom. The van der Waals surface area contributed by atoms with E-state index in [1.807, 2.05) is 91.9 Å². The van der Waals surface area contributed by atoms with Crippen LogP contribution in [-0.4, -0.2) is 66.4 Å². The van der Waals surface area contributed by atoms with Gasteiger partial charge in [-0.1, -0.05) is 66.2 Å². The molecule has 2 aliphatic heterocycles. The van der Waals surface area contributed by atoms with Gasteiger partial charge in [0.2, 0.25) is 11.8 Å². The summed E-state index contributed by atoms with van der Waals surface area (Å²) in [5.74, 6) is -12.0. The van der Waals surface area contributed by atoms with Crippen LogP contribution in [0.25, 0.3) is 22.3 Å². The molecule has 4 atom stereocenters. The third-order valence-electron chi connectivity index (χ3n) is 10.6. The number of cyclic esters (lactones) is 4. The lowest BCUT2D eigenvalue weighted by atomic mass is 9.59. The van der Waals surface area contributed by atoms with Crippen molar-refractivity contribution in [1.82, 2.24) is 5.32 Å². The third kappa shape index (κ3) is 7.98. The lowest BCUT2D eigenvalue weighted by Crippen LogP contribution is -2.64. The van der Waals surface area contributed by atoms with E-state index in [9.17, 15) is 43.5 Å². The highest BCUT2D eigenvalue weighted by molar-refractivity contribution is 6.10. The van der Waals surface area contributed by atoms with Crippen molar-refractivity contribution in [1.29, 1.82) is 0 Å². The molecule has 16 heteroatoms. The van der Waals surface area contributed by atoms with Crippen LogP contribution in [0.5, 0.6) is 0 Å². The van der Waals surface area contributed by atoms with E-state index in [1.165, 1.54) is 7.05 Å². The van der Waals surface area contributed by atoms with E-state index < -0.39 is 89.2 Å². The van der Waals surface area contributed by atoms with Crippen LogP contribution in [0.15, 0.2) is 97.1 Å². The van der Waals surface area contributed by atoms with Gasteiger partial charge in [0.15, 0.2) is 0 Å². The van der Waals surface area contributed by atoms with E-state index >= 15 is 0 Å². The molecular formula is C42H38N4O12. The minimum Gasteiger partial charge on any atom is -0.481 e. The first kappa shape index (κ1) is 40.3. The van der Waals surface area contributed by atoms with Crippen molar-refractivity contribution in [2.45, 2.75) is 13.0 Å². The number of carbonyl (C=O) groups is 8. The van der Waals surface area contributed by atoms with Crippen molar-refractivity contribution in [2.75, 3.05) is 23.8 Å². The molecule has 4 unspecified atom stereocenters. The number of anilines is 3. The molecule has 2 heterocycles. The summed E-state index contributed by atoms with van der Waals surface area (Å²) >= 11 is 0. The fourth-order valence-corrected chi connectivity index (χ4v) is 7.50.